The summed E-state index contributed by atoms with van der Waals surface area (Å²) in [5.74, 6) is 2.00. The van der Waals surface area contributed by atoms with E-state index in [9.17, 15) is 4.79 Å². The molecule has 34 heavy (non-hydrogen) atoms. The van der Waals surface area contributed by atoms with Crippen LogP contribution in [0.5, 0.6) is 0 Å². The lowest BCUT2D eigenvalue weighted by atomic mass is 9.86. The average molecular weight is 464 g/mol. The van der Waals surface area contributed by atoms with Crippen LogP contribution >= 0.6 is 0 Å². The Labute approximate surface area is 201 Å². The van der Waals surface area contributed by atoms with Gasteiger partial charge in [0.05, 0.1) is 5.52 Å². The fourth-order valence-electron chi connectivity index (χ4n) is 4.59. The highest BCUT2D eigenvalue weighted by Gasteiger charge is 2.23. The van der Waals surface area contributed by atoms with Gasteiger partial charge in [-0.25, -0.2) is 9.61 Å². The van der Waals surface area contributed by atoms with E-state index in [0.29, 0.717) is 42.1 Å². The Kier molecular flexibility index (Phi) is 6.24. The number of para-hydroxylation sites is 1. The van der Waals surface area contributed by atoms with Gasteiger partial charge < -0.3 is 15.5 Å². The van der Waals surface area contributed by atoms with Crippen molar-refractivity contribution in [2.24, 2.45) is 5.92 Å². The molecule has 180 valence electrons. The summed E-state index contributed by atoms with van der Waals surface area (Å²) in [4.78, 5) is 24.2. The summed E-state index contributed by atoms with van der Waals surface area (Å²) in [6, 6.07) is 8.42. The Balaban J connectivity index is 0.00000180. The van der Waals surface area contributed by atoms with Crippen LogP contribution in [0.15, 0.2) is 46.6 Å². The predicted molar refractivity (Wildman–Crippen MR) is 136 cm³/mol. The molecule has 0 aliphatic heterocycles. The fraction of sp³-hybridized carbons (Fsp3) is 0.400. The van der Waals surface area contributed by atoms with Gasteiger partial charge in [-0.3, -0.25) is 4.79 Å². The van der Waals surface area contributed by atoms with Crippen LogP contribution in [0.4, 0.5) is 11.8 Å². The number of fused-ring (bicyclic) bond motifs is 2. The molecule has 0 spiro atoms. The van der Waals surface area contributed by atoms with Gasteiger partial charge in [0.2, 0.25) is 5.95 Å². The first-order valence-corrected chi connectivity index (χ1v) is 11.8. The Morgan fingerprint density at radius 3 is 2.76 bits per heavy atom. The van der Waals surface area contributed by atoms with E-state index in [1.807, 2.05) is 43.3 Å². The molecular formula is C25H33N7O2. The van der Waals surface area contributed by atoms with Gasteiger partial charge in [0.25, 0.3) is 5.91 Å². The normalized spacial score (nSPS) is 19.8. The molecule has 2 aliphatic rings. The van der Waals surface area contributed by atoms with Gasteiger partial charge in [0.15, 0.2) is 0 Å². The highest BCUT2D eigenvalue weighted by molar-refractivity contribution is 5.97. The van der Waals surface area contributed by atoms with Gasteiger partial charge in [0, 0.05) is 46.9 Å². The van der Waals surface area contributed by atoms with E-state index in [4.69, 9.17) is 14.6 Å². The third kappa shape index (κ3) is 4.78. The van der Waals surface area contributed by atoms with E-state index >= 15 is 0 Å². The van der Waals surface area contributed by atoms with Crippen LogP contribution in [-0.4, -0.2) is 52.9 Å². The van der Waals surface area contributed by atoms with Gasteiger partial charge in [-0.15, -0.1) is 0 Å². The number of nitrogens with one attached hydrogen (secondary N) is 2. The monoisotopic (exact) mass is 463 g/mol. The molecule has 0 radical (unpaired) electrons. The van der Waals surface area contributed by atoms with Crippen LogP contribution in [0, 0.1) is 5.92 Å². The lowest BCUT2D eigenvalue weighted by Gasteiger charge is -2.29. The molecule has 2 heterocycles. The summed E-state index contributed by atoms with van der Waals surface area (Å²) < 4.78 is 4.73. The lowest BCUT2D eigenvalue weighted by Crippen LogP contribution is -2.34. The second kappa shape index (κ2) is 9.62. The minimum atomic E-state index is -0.0561. The first-order chi connectivity index (χ1) is 16.6. The Morgan fingerprint density at radius 1 is 1.12 bits per heavy atom. The van der Waals surface area contributed by atoms with Gasteiger partial charge >= 0.3 is 0 Å². The van der Waals surface area contributed by atoms with Crippen LogP contribution in [0.2, 0.25) is 0 Å². The van der Waals surface area contributed by atoms with Gasteiger partial charge in [-0.2, -0.15) is 4.98 Å². The third-order valence-corrected chi connectivity index (χ3v) is 6.52. The van der Waals surface area contributed by atoms with Crippen LogP contribution in [0.1, 0.15) is 39.9 Å². The summed E-state index contributed by atoms with van der Waals surface area (Å²) in [7, 11) is 4.00. The number of aromatic nitrogens is 4. The largest absolute Gasteiger partial charge is 0.362 e. The van der Waals surface area contributed by atoms with E-state index in [2.05, 4.69) is 27.0 Å². The van der Waals surface area contributed by atoms with E-state index in [-0.39, 0.29) is 8.76 Å². The van der Waals surface area contributed by atoms with E-state index in [1.54, 1.807) is 12.2 Å². The molecule has 1 fully saturated rings. The van der Waals surface area contributed by atoms with Crippen molar-refractivity contribution in [2.45, 2.75) is 38.1 Å². The van der Waals surface area contributed by atoms with Crippen LogP contribution in [0.3, 0.4) is 0 Å². The summed E-state index contributed by atoms with van der Waals surface area (Å²) >= 11 is 0. The molecule has 5 rings (SSSR count). The molecule has 2 aromatic heterocycles. The molecule has 1 saturated carbocycles. The second-order valence-corrected chi connectivity index (χ2v) is 9.15. The molecular weight excluding hydrogens is 430 g/mol. The maximum Gasteiger partial charge on any atom is 0.250 e. The minimum Gasteiger partial charge on any atom is -0.362 e. The standard InChI is InChI=1S/C25H29N7O2.2H2/c1-32(2)23-19-5-3-4-6-20(19)28-25(29-23)27-18-11-7-16(8-12-18)15-26-24(33)17-9-13-21-22(14-10-17)31-34-30-21;;/h3-6,9-10,13,16,18H,7-8,11-12,14-15H2,1-2H3,(H,26,33)(H,27,28,29);2*1H. The quantitative estimate of drug-likeness (QED) is 0.567. The molecule has 0 saturated heterocycles. The maximum absolute atomic E-state index is 12.6. The van der Waals surface area contributed by atoms with Gasteiger partial charge in [-0.05, 0) is 55.9 Å². The van der Waals surface area contributed by atoms with Gasteiger partial charge in [-0.1, -0.05) is 28.5 Å². The topological polar surface area (TPSA) is 109 Å². The molecule has 3 aromatic rings. The van der Waals surface area contributed by atoms with E-state index in [0.717, 1.165) is 48.1 Å². The molecule has 2 aliphatic carbocycles. The summed E-state index contributed by atoms with van der Waals surface area (Å²) in [5, 5.41) is 15.4. The molecule has 0 unspecified atom stereocenters. The molecule has 2 N–H and O–H groups in total. The van der Waals surface area contributed by atoms with Crippen molar-refractivity contribution in [2.75, 3.05) is 30.9 Å². The van der Waals surface area contributed by atoms with Crippen molar-refractivity contribution in [1.82, 2.24) is 25.6 Å². The maximum atomic E-state index is 12.6. The average Bonchev–Trinajstić information content (AvgIpc) is 3.20. The van der Waals surface area contributed by atoms with Crippen molar-refractivity contribution >= 4 is 34.7 Å². The van der Waals surface area contributed by atoms with Crippen molar-refractivity contribution in [3.63, 3.8) is 0 Å². The van der Waals surface area contributed by atoms with Crippen molar-refractivity contribution in [3.8, 4) is 0 Å². The van der Waals surface area contributed by atoms with Crippen LogP contribution < -0.4 is 15.5 Å². The molecule has 0 bridgehead atoms. The SMILES string of the molecule is CN(C)c1nc(NC2CCC(CNC(=O)C3=CCc4nonc4C=C3)CC2)nc2ccccc12.[HH].[HH]. The minimum absolute atomic E-state index is 0. The van der Waals surface area contributed by atoms with Crippen molar-refractivity contribution < 1.29 is 12.3 Å². The molecule has 9 nitrogen and oxygen atoms in total. The zero-order valence-electron chi connectivity index (χ0n) is 19.5. The van der Waals surface area contributed by atoms with Crippen molar-refractivity contribution in [3.05, 3.63) is 53.4 Å². The first-order valence-electron chi connectivity index (χ1n) is 11.8. The van der Waals surface area contributed by atoms with E-state index in [1.165, 1.54) is 0 Å². The lowest BCUT2D eigenvalue weighted by molar-refractivity contribution is -0.117. The Bertz CT molecular complexity index is 1250. The number of carbonyl (C=O) groups is 1. The third-order valence-electron chi connectivity index (χ3n) is 6.52. The van der Waals surface area contributed by atoms with Crippen molar-refractivity contribution in [1.29, 1.82) is 0 Å². The number of anilines is 2. The smallest absolute Gasteiger partial charge is 0.250 e. The van der Waals surface area contributed by atoms with Crippen LogP contribution in [0.25, 0.3) is 17.0 Å². The molecule has 0 atom stereocenters. The number of nitrogens with zero attached hydrogens (tertiary/aromatic N) is 5. The number of amides is 1. The molecule has 1 aromatic carbocycles. The van der Waals surface area contributed by atoms with Crippen LogP contribution in [-0.2, 0) is 11.2 Å². The molecule has 9 heteroatoms. The Morgan fingerprint density at radius 2 is 1.94 bits per heavy atom. The van der Waals surface area contributed by atoms with E-state index < -0.39 is 0 Å². The number of allylic oxidation sites excluding steroid dienone is 1. The summed E-state index contributed by atoms with van der Waals surface area (Å²) in [6.45, 7) is 0.680. The number of hydrogen-bond acceptors (Lipinski definition) is 8. The number of rotatable bonds is 6. The summed E-state index contributed by atoms with van der Waals surface area (Å²) in [5.41, 5.74) is 3.01. The molecule has 1 amide bonds. The number of benzene rings is 1. The second-order valence-electron chi connectivity index (χ2n) is 9.15. The fourth-order valence-corrected chi connectivity index (χ4v) is 4.59. The number of carbonyl (C=O) groups excluding carboxylic acids is 1. The predicted octanol–water partition coefficient (Wildman–Crippen LogP) is 3.85. The highest BCUT2D eigenvalue weighted by atomic mass is 16.6. The zero-order chi connectivity index (χ0) is 23.5. The van der Waals surface area contributed by atoms with Gasteiger partial charge in [0.1, 0.15) is 17.2 Å². The highest BCUT2D eigenvalue weighted by Crippen LogP contribution is 2.28. The number of hydrogen-bond donors (Lipinski definition) is 2. The summed E-state index contributed by atoms with van der Waals surface area (Å²) in [6.07, 6.45) is 10.1. The first kappa shape index (κ1) is 22.1. The Hall–Kier alpha value is -3.75. The zero-order valence-corrected chi connectivity index (χ0v) is 19.5.